The van der Waals surface area contributed by atoms with Gasteiger partial charge in [-0.3, -0.25) is 19.6 Å². The maximum Gasteiger partial charge on any atom is 0.298 e. The second-order valence-corrected chi connectivity index (χ2v) is 9.06. The summed E-state index contributed by atoms with van der Waals surface area (Å²) in [5.41, 5.74) is 4.00. The van der Waals surface area contributed by atoms with E-state index < -0.39 is 0 Å². The topological polar surface area (TPSA) is 91.3 Å². The summed E-state index contributed by atoms with van der Waals surface area (Å²) in [5.74, 6) is 7.16. The van der Waals surface area contributed by atoms with Gasteiger partial charge in [0.15, 0.2) is 0 Å². The van der Waals surface area contributed by atoms with Gasteiger partial charge in [0.05, 0.1) is 27.7 Å². The van der Waals surface area contributed by atoms with Crippen LogP contribution in [-0.2, 0) is 16.0 Å². The maximum absolute atomic E-state index is 11.0. The first-order valence-electron chi connectivity index (χ1n) is 11.9. The molecule has 7 nitrogen and oxygen atoms in total. The van der Waals surface area contributed by atoms with Gasteiger partial charge in [0, 0.05) is 36.2 Å². The Labute approximate surface area is 219 Å². The van der Waals surface area contributed by atoms with E-state index in [1.807, 2.05) is 12.1 Å². The summed E-state index contributed by atoms with van der Waals surface area (Å²) in [6.07, 6.45) is 9.10. The minimum Gasteiger partial charge on any atom is -0.429 e. The van der Waals surface area contributed by atoms with Crippen molar-refractivity contribution in [3.05, 3.63) is 76.2 Å². The number of carbonyl (C=O) groups is 2. The zero-order chi connectivity index (χ0) is 25.9. The molecule has 0 N–H and O–H groups in total. The lowest BCUT2D eigenvalue weighted by Gasteiger charge is -2.08. The van der Waals surface area contributed by atoms with E-state index in [1.165, 1.54) is 37.4 Å². The van der Waals surface area contributed by atoms with Crippen LogP contribution in [0, 0.1) is 11.8 Å². The van der Waals surface area contributed by atoms with Gasteiger partial charge in [-0.2, -0.15) is 0 Å². The fourth-order valence-electron chi connectivity index (χ4n) is 3.73. The molecule has 0 saturated carbocycles. The number of aromatic nitrogens is 3. The summed E-state index contributed by atoms with van der Waals surface area (Å²) < 4.78 is 10.0. The lowest BCUT2D eigenvalue weighted by molar-refractivity contribution is -0.121. The van der Waals surface area contributed by atoms with Gasteiger partial charge >= 0.3 is 0 Å². The first kappa shape index (κ1) is 25.7. The Bertz CT molecular complexity index is 1440. The zero-order valence-corrected chi connectivity index (χ0v) is 21.2. The van der Waals surface area contributed by atoms with Crippen molar-refractivity contribution < 1.29 is 19.1 Å². The number of pyridine rings is 3. The molecule has 0 aromatic carbocycles. The molecule has 0 aliphatic carbocycles. The van der Waals surface area contributed by atoms with E-state index in [2.05, 4.69) is 45.2 Å². The van der Waals surface area contributed by atoms with E-state index in [-0.39, 0.29) is 5.75 Å². The average Bonchev–Trinajstić information content (AvgIpc) is 3.38. The second kappa shape index (κ2) is 13.1. The first-order chi connectivity index (χ1) is 18.2. The van der Waals surface area contributed by atoms with Crippen molar-refractivity contribution >= 4 is 24.3 Å². The number of hydrogen-bond acceptors (Lipinski definition) is 8. The Hall–Kier alpha value is -4.35. The Balaban J connectivity index is 1.62. The van der Waals surface area contributed by atoms with Crippen LogP contribution in [0.3, 0.4) is 0 Å². The molecule has 37 heavy (non-hydrogen) atoms. The number of ether oxygens (including phenoxy) is 2. The fourth-order valence-corrected chi connectivity index (χ4v) is 4.53. The summed E-state index contributed by atoms with van der Waals surface area (Å²) in [6, 6.07) is 12.2. The number of nitrogens with zero attached hydrogens (tertiary/aromatic N) is 3. The van der Waals surface area contributed by atoms with Gasteiger partial charge in [0.1, 0.15) is 11.5 Å². The monoisotopic (exact) mass is 511 g/mol. The Morgan fingerprint density at radius 3 is 2.27 bits per heavy atom. The van der Waals surface area contributed by atoms with Crippen LogP contribution in [0.2, 0.25) is 0 Å². The molecule has 0 unspecified atom stereocenters. The molecule has 0 amide bonds. The molecule has 0 atom stereocenters. The molecule has 0 radical (unpaired) electrons. The molecule has 4 heterocycles. The van der Waals surface area contributed by atoms with Gasteiger partial charge in [0.2, 0.25) is 0 Å². The van der Waals surface area contributed by atoms with Crippen LogP contribution in [0.1, 0.15) is 48.6 Å². The average molecular weight is 512 g/mol. The maximum atomic E-state index is 11.0. The summed E-state index contributed by atoms with van der Waals surface area (Å²) in [7, 11) is 0. The Morgan fingerprint density at radius 1 is 0.811 bits per heavy atom. The number of hydrogen-bond donors (Lipinski definition) is 0. The summed E-state index contributed by atoms with van der Waals surface area (Å²) >= 11 is 1.65. The molecule has 4 aromatic rings. The van der Waals surface area contributed by atoms with Gasteiger partial charge in [-0.1, -0.05) is 38.0 Å². The molecule has 8 heteroatoms. The van der Waals surface area contributed by atoms with Crippen LogP contribution in [0.5, 0.6) is 11.5 Å². The molecule has 186 valence electrons. The van der Waals surface area contributed by atoms with Crippen LogP contribution in [-0.4, -0.2) is 27.9 Å². The van der Waals surface area contributed by atoms with Crippen LogP contribution in [0.25, 0.3) is 22.8 Å². The molecule has 0 spiro atoms. The quantitative estimate of drug-likeness (QED) is 0.141. The van der Waals surface area contributed by atoms with Crippen LogP contribution in [0.15, 0.2) is 60.2 Å². The van der Waals surface area contributed by atoms with Crippen molar-refractivity contribution in [3.8, 4) is 46.1 Å². The summed E-state index contributed by atoms with van der Waals surface area (Å²) in [5, 5.41) is 2.09. The third kappa shape index (κ3) is 7.09. The summed E-state index contributed by atoms with van der Waals surface area (Å²) in [6.45, 7) is 2.90. The van der Waals surface area contributed by atoms with E-state index in [0.717, 1.165) is 16.9 Å². The van der Waals surface area contributed by atoms with Crippen molar-refractivity contribution in [1.29, 1.82) is 0 Å². The molecular weight excluding hydrogens is 486 g/mol. The fraction of sp³-hybridized carbons (Fsp3) is 0.207. The van der Waals surface area contributed by atoms with Gasteiger partial charge in [0.25, 0.3) is 12.9 Å². The highest BCUT2D eigenvalue weighted by Gasteiger charge is 2.12. The van der Waals surface area contributed by atoms with Gasteiger partial charge in [-0.25, -0.2) is 4.98 Å². The molecule has 0 fully saturated rings. The molecule has 4 aromatic heterocycles. The predicted molar refractivity (Wildman–Crippen MR) is 142 cm³/mol. The van der Waals surface area contributed by atoms with E-state index in [1.54, 1.807) is 41.8 Å². The standard InChI is InChI=1S/C29H25N3O4S/c1-2-3-4-5-6-22-11-14-37-29(22)8-7-21-9-12-30-25(15-21)27-17-24(36-20-34)18-28(32-27)26-16-23(35-19-33)10-13-31-26/h9-20H,2-6H2,1H3. The van der Waals surface area contributed by atoms with Gasteiger partial charge in [-0.05, 0) is 48.1 Å². The van der Waals surface area contributed by atoms with Crippen LogP contribution in [0.4, 0.5) is 0 Å². The predicted octanol–water partition coefficient (Wildman–Crippen LogP) is 5.86. The number of unbranched alkanes of at least 4 members (excludes halogenated alkanes) is 3. The first-order valence-corrected chi connectivity index (χ1v) is 12.8. The SMILES string of the molecule is CCCCCCc1ccsc1C#Cc1ccnc(-c2cc(OC=O)cc(-c3cc(OC=O)ccn3)n2)c1. The molecule has 0 bridgehead atoms. The molecule has 0 aliphatic heterocycles. The van der Waals surface area contributed by atoms with Crippen molar-refractivity contribution in [2.75, 3.05) is 0 Å². The largest absolute Gasteiger partial charge is 0.429 e. The lowest BCUT2D eigenvalue weighted by Crippen LogP contribution is -1.97. The lowest BCUT2D eigenvalue weighted by atomic mass is 10.1. The number of aryl methyl sites for hydroxylation is 1. The minimum absolute atomic E-state index is 0.281. The second-order valence-electron chi connectivity index (χ2n) is 8.14. The molecule has 4 rings (SSSR count). The van der Waals surface area contributed by atoms with Crippen LogP contribution < -0.4 is 9.47 Å². The normalized spacial score (nSPS) is 10.3. The van der Waals surface area contributed by atoms with Crippen LogP contribution >= 0.6 is 11.3 Å². The number of thiophene rings is 1. The molecule has 0 aliphatic rings. The summed E-state index contributed by atoms with van der Waals surface area (Å²) in [4.78, 5) is 36.2. The highest BCUT2D eigenvalue weighted by Crippen LogP contribution is 2.28. The molecular formula is C29H25N3O4S. The zero-order valence-electron chi connectivity index (χ0n) is 20.3. The highest BCUT2D eigenvalue weighted by atomic mass is 32.1. The Kier molecular flexibility index (Phi) is 9.11. The minimum atomic E-state index is 0.281. The van der Waals surface area contributed by atoms with E-state index >= 15 is 0 Å². The third-order valence-electron chi connectivity index (χ3n) is 5.55. The van der Waals surface area contributed by atoms with Crippen molar-refractivity contribution in [3.63, 3.8) is 0 Å². The smallest absolute Gasteiger partial charge is 0.298 e. The highest BCUT2D eigenvalue weighted by molar-refractivity contribution is 7.10. The third-order valence-corrected chi connectivity index (χ3v) is 6.42. The van der Waals surface area contributed by atoms with E-state index in [9.17, 15) is 9.59 Å². The van der Waals surface area contributed by atoms with E-state index in [0.29, 0.717) is 41.5 Å². The van der Waals surface area contributed by atoms with Crippen molar-refractivity contribution in [2.24, 2.45) is 0 Å². The number of carbonyl (C=O) groups excluding carboxylic acids is 2. The number of rotatable bonds is 11. The van der Waals surface area contributed by atoms with Gasteiger partial charge < -0.3 is 9.47 Å². The van der Waals surface area contributed by atoms with Crippen molar-refractivity contribution in [1.82, 2.24) is 15.0 Å². The Morgan fingerprint density at radius 2 is 1.51 bits per heavy atom. The van der Waals surface area contributed by atoms with E-state index in [4.69, 9.17) is 9.47 Å². The molecule has 0 saturated heterocycles. The van der Waals surface area contributed by atoms with Gasteiger partial charge in [-0.15, -0.1) is 11.3 Å². The van der Waals surface area contributed by atoms with Crippen molar-refractivity contribution in [2.45, 2.75) is 39.0 Å².